The minimum atomic E-state index is -0.556. The molecule has 0 saturated heterocycles. The second-order valence-electron chi connectivity index (χ2n) is 32.4. The molecule has 0 bridgehead atoms. The van der Waals surface area contributed by atoms with Gasteiger partial charge in [0.1, 0.15) is 23.0 Å². The van der Waals surface area contributed by atoms with E-state index in [4.69, 9.17) is 44.4 Å². The maximum atomic E-state index is 6.95. The van der Waals surface area contributed by atoms with Gasteiger partial charge in [-0.3, -0.25) is 0 Å². The molecule has 7 heterocycles. The van der Waals surface area contributed by atoms with Crippen molar-refractivity contribution in [2.24, 2.45) is 0 Å². The SMILES string of the molecule is c1ccc(-c2ccc3ccc4ccc(-c5ccc(-c6nc7ccccc7c7cc8c(cc67)Oc6ccccc6C86c7ccccc7-c7ccccc76)cc5)nc4c3n2)cc1.c1ccc(-c2nc(-c3ccccc3)nc(-c3cccc(-c4ccc(-c5nc6ccccc6c6cc7c(cc56)Oc5ccccc5C75c6ccccc6-c6ccccc65)cc4)c3)n2)cc1. The molecule has 0 fully saturated rings. The van der Waals surface area contributed by atoms with E-state index >= 15 is 0 Å². The minimum Gasteiger partial charge on any atom is -0.457 e. The maximum absolute atomic E-state index is 6.95. The van der Waals surface area contributed by atoms with Gasteiger partial charge in [0.15, 0.2) is 17.5 Å². The third-order valence-electron chi connectivity index (χ3n) is 25.7. The first-order chi connectivity index (χ1) is 61.4. The Morgan fingerprint density at radius 3 is 0.952 bits per heavy atom. The molecule has 2 aliphatic carbocycles. The van der Waals surface area contributed by atoms with Crippen LogP contribution in [0.2, 0.25) is 0 Å². The van der Waals surface area contributed by atoms with Crippen molar-refractivity contribution in [3.8, 4) is 136 Å². The summed E-state index contributed by atoms with van der Waals surface area (Å²) in [4.78, 5) is 36.0. The summed E-state index contributed by atoms with van der Waals surface area (Å²) in [6.07, 6.45) is 0. The highest BCUT2D eigenvalue weighted by atomic mass is 16.5. The molecule has 5 aromatic heterocycles. The molecule has 9 heteroatoms. The molecule has 0 atom stereocenters. The Morgan fingerprint density at radius 2 is 0.508 bits per heavy atom. The van der Waals surface area contributed by atoms with E-state index in [2.05, 4.69) is 340 Å². The van der Waals surface area contributed by atoms with E-state index in [1.54, 1.807) is 0 Å². The van der Waals surface area contributed by atoms with Crippen LogP contribution in [-0.2, 0) is 10.8 Å². The smallest absolute Gasteiger partial charge is 0.164 e. The van der Waals surface area contributed by atoms with Gasteiger partial charge in [-0.05, 0) is 133 Å². The van der Waals surface area contributed by atoms with Crippen molar-refractivity contribution >= 4 is 65.2 Å². The van der Waals surface area contributed by atoms with Gasteiger partial charge in [0.25, 0.3) is 0 Å². The Balaban J connectivity index is 0.000000136. The summed E-state index contributed by atoms with van der Waals surface area (Å²) in [5.41, 5.74) is 30.1. The van der Waals surface area contributed by atoms with Crippen LogP contribution in [0.4, 0.5) is 0 Å². The van der Waals surface area contributed by atoms with Crippen LogP contribution >= 0.6 is 0 Å². The van der Waals surface area contributed by atoms with Crippen LogP contribution in [0, 0.1) is 0 Å². The van der Waals surface area contributed by atoms with Crippen molar-refractivity contribution in [1.29, 1.82) is 0 Å². The van der Waals surface area contributed by atoms with Crippen molar-refractivity contribution in [2.75, 3.05) is 0 Å². The summed E-state index contributed by atoms with van der Waals surface area (Å²) in [6, 6.07) is 148. The lowest BCUT2D eigenvalue weighted by molar-refractivity contribution is 0.437. The quantitative estimate of drug-likeness (QED) is 0.137. The van der Waals surface area contributed by atoms with Gasteiger partial charge in [-0.1, -0.05) is 352 Å². The van der Waals surface area contributed by atoms with Crippen LogP contribution in [0.15, 0.2) is 419 Å². The molecular weight excluding hydrogens is 1510 g/mol. The molecule has 0 saturated carbocycles. The average molecular weight is 1580 g/mol. The molecule has 124 heavy (non-hydrogen) atoms. The number of aromatic nitrogens is 7. The summed E-state index contributed by atoms with van der Waals surface area (Å²) in [6.45, 7) is 0. The highest BCUT2D eigenvalue weighted by Crippen LogP contribution is 2.65. The van der Waals surface area contributed by atoms with Gasteiger partial charge in [-0.15, -0.1) is 0 Å². The number of pyridine rings is 4. The van der Waals surface area contributed by atoms with E-state index in [0.717, 1.165) is 183 Å². The van der Waals surface area contributed by atoms with Gasteiger partial charge in [0.05, 0.1) is 55.7 Å². The molecule has 0 unspecified atom stereocenters. The zero-order valence-corrected chi connectivity index (χ0v) is 66.8. The van der Waals surface area contributed by atoms with Crippen LogP contribution < -0.4 is 9.47 Å². The second-order valence-corrected chi connectivity index (χ2v) is 32.4. The Morgan fingerprint density at radius 1 is 0.177 bits per heavy atom. The summed E-state index contributed by atoms with van der Waals surface area (Å²) >= 11 is 0. The lowest BCUT2D eigenvalue weighted by atomic mass is 9.65. The predicted molar refractivity (Wildman–Crippen MR) is 501 cm³/mol. The summed E-state index contributed by atoms with van der Waals surface area (Å²) in [5, 5.41) is 8.72. The first kappa shape index (κ1) is 70.5. The standard InChI is InChI=1S/C59H36N4O.C56H33N3O/c1-3-16-39(17-4-1)56-61-57(40-18-5-2-6-19-40)63-58(62-56)42-21-15-20-41(34-42)37-30-32-38(33-31-37)55-47-36-54-51(35-46(47)45-24-9-13-28-52(45)60-55)59(50-27-12-14-29-53(50)64-54)48-25-10-7-22-43(48)44-23-8-11-26-49(44)59;1-2-12-34(13-3-1)48-30-28-37-26-27-38-29-31-49(58-55(38)54(37)57-48)35-22-24-36(25-23-35)53-43-33-52-47(32-42(43)41-16-6-10-20-50(41)59-53)56(46-19-9-11-21-51(46)60-52)44-17-7-4-14-39(44)40-15-5-8-18-45(40)56/h1-36H;1-33H. The Labute approximate surface area is 714 Å². The summed E-state index contributed by atoms with van der Waals surface area (Å²) < 4.78 is 13.9. The lowest BCUT2D eigenvalue weighted by Crippen LogP contribution is -2.32. The van der Waals surface area contributed by atoms with E-state index in [0.29, 0.717) is 17.5 Å². The second kappa shape index (κ2) is 28.1. The Hall–Kier alpha value is -16.5. The van der Waals surface area contributed by atoms with Crippen LogP contribution in [-0.4, -0.2) is 34.9 Å². The largest absolute Gasteiger partial charge is 0.457 e. The van der Waals surface area contributed by atoms with Crippen LogP contribution in [0.25, 0.3) is 178 Å². The normalized spacial score (nSPS) is 13.1. The number of rotatable bonds is 8. The fraction of sp³-hybridized carbons (Fsp3) is 0.0174. The molecule has 2 aliphatic heterocycles. The number of para-hydroxylation sites is 4. The predicted octanol–water partition coefficient (Wildman–Crippen LogP) is 28.3. The highest BCUT2D eigenvalue weighted by molar-refractivity contribution is 6.14. The molecule has 576 valence electrons. The van der Waals surface area contributed by atoms with Gasteiger partial charge in [-0.2, -0.15) is 0 Å². The first-order valence-electron chi connectivity index (χ1n) is 42.1. The minimum absolute atomic E-state index is 0.547. The highest BCUT2D eigenvalue weighted by Gasteiger charge is 2.53. The summed E-state index contributed by atoms with van der Waals surface area (Å²) in [7, 11) is 0. The number of hydrogen-bond acceptors (Lipinski definition) is 9. The van der Waals surface area contributed by atoms with Crippen molar-refractivity contribution in [3.63, 3.8) is 0 Å². The molecule has 4 aliphatic rings. The zero-order chi connectivity index (χ0) is 81.6. The molecule has 22 aromatic rings. The molecule has 0 N–H and O–H groups in total. The third-order valence-corrected chi connectivity index (χ3v) is 25.7. The molecular formula is C115H69N7O2. The molecule has 0 amide bonds. The number of ether oxygens (including phenoxy) is 2. The lowest BCUT2D eigenvalue weighted by Gasteiger charge is -2.39. The van der Waals surface area contributed by atoms with Crippen molar-refractivity contribution in [2.45, 2.75) is 10.8 Å². The average Bonchev–Trinajstić information content (AvgIpc) is 1.50. The first-order valence-corrected chi connectivity index (χ1v) is 42.1. The fourth-order valence-corrected chi connectivity index (χ4v) is 20.1. The van der Waals surface area contributed by atoms with E-state index in [1.165, 1.54) is 44.5 Å². The van der Waals surface area contributed by atoms with Crippen molar-refractivity contribution in [3.05, 3.63) is 463 Å². The van der Waals surface area contributed by atoms with Crippen molar-refractivity contribution < 1.29 is 9.47 Å². The van der Waals surface area contributed by atoms with Gasteiger partial charge >= 0.3 is 0 Å². The number of benzene rings is 17. The van der Waals surface area contributed by atoms with E-state index < -0.39 is 10.8 Å². The Kier molecular flexibility index (Phi) is 16.0. The van der Waals surface area contributed by atoms with E-state index in [9.17, 15) is 0 Å². The van der Waals surface area contributed by atoms with Crippen LogP contribution in [0.5, 0.6) is 23.0 Å². The third kappa shape index (κ3) is 10.9. The molecule has 0 radical (unpaired) electrons. The molecule has 9 nitrogen and oxygen atoms in total. The van der Waals surface area contributed by atoms with Gasteiger partial charge in [0.2, 0.25) is 0 Å². The molecule has 17 aromatic carbocycles. The topological polar surface area (TPSA) is 109 Å². The van der Waals surface area contributed by atoms with Gasteiger partial charge in [0, 0.05) is 93.5 Å². The van der Waals surface area contributed by atoms with Crippen molar-refractivity contribution in [1.82, 2.24) is 34.9 Å². The number of hydrogen-bond donors (Lipinski definition) is 0. The maximum Gasteiger partial charge on any atom is 0.164 e. The zero-order valence-electron chi connectivity index (χ0n) is 66.8. The van der Waals surface area contributed by atoms with E-state index in [1.807, 2.05) is 78.9 Å². The molecule has 26 rings (SSSR count). The number of fused-ring (bicyclic) bond motifs is 27. The van der Waals surface area contributed by atoms with Crippen LogP contribution in [0.1, 0.15) is 44.5 Å². The van der Waals surface area contributed by atoms with E-state index in [-0.39, 0.29) is 0 Å². The fourth-order valence-electron chi connectivity index (χ4n) is 20.1. The monoisotopic (exact) mass is 1580 g/mol. The van der Waals surface area contributed by atoms with Gasteiger partial charge < -0.3 is 9.47 Å². The molecule has 2 spiro atoms. The van der Waals surface area contributed by atoms with Gasteiger partial charge in [-0.25, -0.2) is 34.9 Å². The Bertz CT molecular complexity index is 8030. The number of nitrogens with zero attached hydrogens (tertiary/aromatic N) is 7. The van der Waals surface area contributed by atoms with Crippen LogP contribution in [0.3, 0.4) is 0 Å². The summed E-state index contributed by atoms with van der Waals surface area (Å²) in [5.74, 6) is 5.33.